The van der Waals surface area contributed by atoms with Crippen LogP contribution in [0, 0.1) is 0 Å². The molecular formula is C15H30N2O. The first-order valence-electron chi connectivity index (χ1n) is 7.88. The Kier molecular flexibility index (Phi) is 5.93. The van der Waals surface area contributed by atoms with Gasteiger partial charge in [-0.1, -0.05) is 32.1 Å². The molecule has 1 heterocycles. The van der Waals surface area contributed by atoms with E-state index in [0.29, 0.717) is 0 Å². The number of hydrogen-bond acceptors (Lipinski definition) is 3. The molecule has 0 aromatic carbocycles. The minimum absolute atomic E-state index is 0.0294. The van der Waals surface area contributed by atoms with E-state index in [0.717, 1.165) is 32.6 Å². The Labute approximate surface area is 112 Å². The fourth-order valence-electron chi connectivity index (χ4n) is 3.23. The topological polar surface area (TPSA) is 38.5 Å². The molecule has 2 N–H and O–H groups in total. The van der Waals surface area contributed by atoms with E-state index in [2.05, 4.69) is 4.90 Å². The number of nitrogens with zero attached hydrogens (tertiary/aromatic N) is 1. The fraction of sp³-hybridized carbons (Fsp3) is 1.00. The molecule has 3 heteroatoms. The predicted octanol–water partition coefficient (Wildman–Crippen LogP) is 2.54. The van der Waals surface area contributed by atoms with Crippen LogP contribution in [-0.4, -0.2) is 43.3 Å². The van der Waals surface area contributed by atoms with Crippen LogP contribution >= 0.6 is 0 Å². The van der Waals surface area contributed by atoms with E-state index in [1.807, 2.05) is 0 Å². The van der Waals surface area contributed by atoms with Gasteiger partial charge in [-0.25, -0.2) is 0 Å². The van der Waals surface area contributed by atoms with Gasteiger partial charge in [-0.2, -0.15) is 0 Å². The van der Waals surface area contributed by atoms with Crippen LogP contribution < -0.4 is 5.73 Å². The van der Waals surface area contributed by atoms with Crippen LogP contribution in [0.1, 0.15) is 57.8 Å². The third-order valence-corrected chi connectivity index (χ3v) is 4.49. The Morgan fingerprint density at radius 1 is 0.889 bits per heavy atom. The van der Waals surface area contributed by atoms with Gasteiger partial charge >= 0.3 is 0 Å². The lowest BCUT2D eigenvalue weighted by Crippen LogP contribution is -2.44. The molecule has 1 saturated carbocycles. The minimum Gasteiger partial charge on any atom is -0.378 e. The van der Waals surface area contributed by atoms with E-state index in [1.54, 1.807) is 0 Å². The highest BCUT2D eigenvalue weighted by Crippen LogP contribution is 2.25. The molecule has 2 aliphatic rings. The molecule has 1 aliphatic heterocycles. The van der Waals surface area contributed by atoms with Crippen molar-refractivity contribution in [1.82, 2.24) is 4.90 Å². The smallest absolute Gasteiger partial charge is 0.0646 e. The highest BCUT2D eigenvalue weighted by Gasteiger charge is 2.26. The Hall–Kier alpha value is -0.120. The molecule has 2 fully saturated rings. The van der Waals surface area contributed by atoms with Gasteiger partial charge in [0.25, 0.3) is 0 Å². The first kappa shape index (κ1) is 14.3. The molecule has 1 aliphatic carbocycles. The summed E-state index contributed by atoms with van der Waals surface area (Å²) in [4.78, 5) is 2.53. The second-order valence-electron chi connectivity index (χ2n) is 6.23. The maximum absolute atomic E-state index is 6.44. The van der Waals surface area contributed by atoms with E-state index in [1.165, 1.54) is 58.0 Å². The number of ether oxygens (including phenoxy) is 1. The van der Waals surface area contributed by atoms with Crippen LogP contribution in [0.5, 0.6) is 0 Å². The SMILES string of the molecule is NC1(COCCN2CCCCC2)CCCCCC1. The third kappa shape index (κ3) is 4.87. The molecule has 106 valence electrons. The predicted molar refractivity (Wildman–Crippen MR) is 75.7 cm³/mol. The normalized spacial score (nSPS) is 25.8. The summed E-state index contributed by atoms with van der Waals surface area (Å²) in [5.74, 6) is 0. The standard InChI is InChI=1S/C15H30N2O/c16-15(8-4-1-2-5-9-15)14-18-13-12-17-10-6-3-7-11-17/h1-14,16H2. The molecule has 0 bridgehead atoms. The first-order valence-corrected chi connectivity index (χ1v) is 7.88. The van der Waals surface area contributed by atoms with Crippen molar-refractivity contribution in [2.75, 3.05) is 32.8 Å². The monoisotopic (exact) mass is 254 g/mol. The number of rotatable bonds is 5. The molecule has 2 rings (SSSR count). The molecule has 18 heavy (non-hydrogen) atoms. The van der Waals surface area contributed by atoms with Gasteiger partial charge in [0.1, 0.15) is 0 Å². The highest BCUT2D eigenvalue weighted by molar-refractivity contribution is 4.85. The minimum atomic E-state index is -0.0294. The first-order chi connectivity index (χ1) is 8.79. The van der Waals surface area contributed by atoms with Crippen LogP contribution in [0.3, 0.4) is 0 Å². The Morgan fingerprint density at radius 3 is 2.17 bits per heavy atom. The largest absolute Gasteiger partial charge is 0.378 e. The number of piperidine rings is 1. The molecule has 3 nitrogen and oxygen atoms in total. The average molecular weight is 254 g/mol. The summed E-state index contributed by atoms with van der Waals surface area (Å²) >= 11 is 0. The number of likely N-dealkylation sites (tertiary alicyclic amines) is 1. The van der Waals surface area contributed by atoms with Crippen molar-refractivity contribution >= 4 is 0 Å². The summed E-state index contributed by atoms with van der Waals surface area (Å²) < 4.78 is 5.87. The zero-order valence-electron chi connectivity index (χ0n) is 11.8. The van der Waals surface area contributed by atoms with Gasteiger partial charge in [0, 0.05) is 12.1 Å². The van der Waals surface area contributed by atoms with Crippen molar-refractivity contribution < 1.29 is 4.74 Å². The second kappa shape index (κ2) is 7.46. The molecule has 0 atom stereocenters. The van der Waals surface area contributed by atoms with Gasteiger partial charge in [0.05, 0.1) is 13.2 Å². The number of hydrogen-bond donors (Lipinski definition) is 1. The summed E-state index contributed by atoms with van der Waals surface area (Å²) in [6, 6.07) is 0. The van der Waals surface area contributed by atoms with Gasteiger partial charge in [-0.05, 0) is 38.8 Å². The summed E-state index contributed by atoms with van der Waals surface area (Å²) in [6.07, 6.45) is 11.7. The van der Waals surface area contributed by atoms with Gasteiger partial charge in [0.15, 0.2) is 0 Å². The molecule has 1 saturated heterocycles. The van der Waals surface area contributed by atoms with E-state index in [-0.39, 0.29) is 5.54 Å². The molecule has 0 aromatic heterocycles. The Balaban J connectivity index is 1.58. The maximum atomic E-state index is 6.44. The van der Waals surface area contributed by atoms with Crippen LogP contribution in [0.25, 0.3) is 0 Å². The molecular weight excluding hydrogens is 224 g/mol. The zero-order valence-corrected chi connectivity index (χ0v) is 11.8. The lowest BCUT2D eigenvalue weighted by atomic mass is 9.93. The van der Waals surface area contributed by atoms with Gasteiger partial charge in [-0.3, -0.25) is 0 Å². The lowest BCUT2D eigenvalue weighted by Gasteiger charge is -2.29. The summed E-state index contributed by atoms with van der Waals surface area (Å²) in [6.45, 7) is 5.24. The maximum Gasteiger partial charge on any atom is 0.0646 e. The van der Waals surface area contributed by atoms with Crippen molar-refractivity contribution in [3.8, 4) is 0 Å². The van der Waals surface area contributed by atoms with E-state index in [4.69, 9.17) is 10.5 Å². The van der Waals surface area contributed by atoms with Crippen LogP contribution in [0.2, 0.25) is 0 Å². The highest BCUT2D eigenvalue weighted by atomic mass is 16.5. The van der Waals surface area contributed by atoms with Gasteiger partial charge in [0.2, 0.25) is 0 Å². The van der Waals surface area contributed by atoms with Crippen LogP contribution in [-0.2, 0) is 4.74 Å². The summed E-state index contributed by atoms with van der Waals surface area (Å²) in [7, 11) is 0. The fourth-order valence-corrected chi connectivity index (χ4v) is 3.23. The van der Waals surface area contributed by atoms with Crippen molar-refractivity contribution in [2.45, 2.75) is 63.3 Å². The summed E-state index contributed by atoms with van der Waals surface area (Å²) in [5.41, 5.74) is 6.41. The molecule has 0 radical (unpaired) electrons. The molecule has 0 aromatic rings. The van der Waals surface area contributed by atoms with Gasteiger partial charge < -0.3 is 15.4 Å². The number of nitrogens with two attached hydrogens (primary N) is 1. The van der Waals surface area contributed by atoms with Crippen LogP contribution in [0.4, 0.5) is 0 Å². The summed E-state index contributed by atoms with van der Waals surface area (Å²) in [5, 5.41) is 0. The van der Waals surface area contributed by atoms with E-state index in [9.17, 15) is 0 Å². The van der Waals surface area contributed by atoms with Crippen molar-refractivity contribution in [1.29, 1.82) is 0 Å². The van der Waals surface area contributed by atoms with Crippen LogP contribution in [0.15, 0.2) is 0 Å². The van der Waals surface area contributed by atoms with Crippen molar-refractivity contribution in [3.63, 3.8) is 0 Å². The van der Waals surface area contributed by atoms with Crippen molar-refractivity contribution in [3.05, 3.63) is 0 Å². The average Bonchev–Trinajstić information content (AvgIpc) is 2.61. The third-order valence-electron chi connectivity index (χ3n) is 4.49. The Bertz CT molecular complexity index is 219. The van der Waals surface area contributed by atoms with E-state index < -0.39 is 0 Å². The zero-order chi connectivity index (χ0) is 12.7. The molecule has 0 spiro atoms. The lowest BCUT2D eigenvalue weighted by molar-refractivity contribution is 0.0571. The Morgan fingerprint density at radius 2 is 1.50 bits per heavy atom. The van der Waals surface area contributed by atoms with Gasteiger partial charge in [-0.15, -0.1) is 0 Å². The quantitative estimate of drug-likeness (QED) is 0.605. The molecule has 0 unspecified atom stereocenters. The van der Waals surface area contributed by atoms with E-state index >= 15 is 0 Å². The second-order valence-corrected chi connectivity index (χ2v) is 6.23. The van der Waals surface area contributed by atoms with Crippen molar-refractivity contribution in [2.24, 2.45) is 5.73 Å². The molecule has 0 amide bonds.